The Kier molecular flexibility index (Phi) is 4.77. The number of benzene rings is 1. The Labute approximate surface area is 142 Å². The first-order valence-electron chi connectivity index (χ1n) is 7.42. The molecule has 0 radical (unpaired) electrons. The molecule has 1 aliphatic heterocycles. The Morgan fingerprint density at radius 3 is 2.70 bits per heavy atom. The summed E-state index contributed by atoms with van der Waals surface area (Å²) >= 11 is 3.28. The van der Waals surface area contributed by atoms with Gasteiger partial charge in [-0.15, -0.1) is 0 Å². The van der Waals surface area contributed by atoms with Gasteiger partial charge in [-0.2, -0.15) is 0 Å². The van der Waals surface area contributed by atoms with Gasteiger partial charge in [0.05, 0.1) is 17.8 Å². The second kappa shape index (κ2) is 6.80. The smallest absolute Gasteiger partial charge is 0.256 e. The van der Waals surface area contributed by atoms with Gasteiger partial charge in [0.15, 0.2) is 5.76 Å². The lowest BCUT2D eigenvalue weighted by molar-refractivity contribution is 0.0613. The molecule has 1 aromatic carbocycles. The van der Waals surface area contributed by atoms with Crippen LogP contribution in [0.5, 0.6) is 0 Å². The number of halogens is 2. The van der Waals surface area contributed by atoms with Gasteiger partial charge in [0.2, 0.25) is 0 Å². The van der Waals surface area contributed by atoms with Crippen LogP contribution in [0.15, 0.2) is 33.3 Å². The fraction of sp³-hybridized carbons (Fsp3) is 0.375. The van der Waals surface area contributed by atoms with E-state index in [2.05, 4.69) is 26.0 Å². The molecule has 1 fully saturated rings. The molecule has 2 aromatic rings. The third kappa shape index (κ3) is 3.79. The highest BCUT2D eigenvalue weighted by Gasteiger charge is 2.24. The van der Waals surface area contributed by atoms with Crippen molar-refractivity contribution >= 4 is 21.8 Å². The van der Waals surface area contributed by atoms with Crippen LogP contribution in [-0.2, 0) is 6.54 Å². The summed E-state index contributed by atoms with van der Waals surface area (Å²) in [5.74, 6) is 0.0667. The fourth-order valence-electron chi connectivity index (χ4n) is 2.65. The molecule has 122 valence electrons. The Morgan fingerprint density at radius 2 is 2.04 bits per heavy atom. The maximum absolute atomic E-state index is 13.8. The molecule has 1 aromatic heterocycles. The quantitative estimate of drug-likeness (QED) is 0.819. The van der Waals surface area contributed by atoms with Crippen LogP contribution >= 0.6 is 15.9 Å². The highest BCUT2D eigenvalue weighted by molar-refractivity contribution is 9.10. The molecule has 0 atom stereocenters. The zero-order valence-electron chi connectivity index (χ0n) is 12.8. The van der Waals surface area contributed by atoms with Crippen molar-refractivity contribution in [1.29, 1.82) is 0 Å². The Balaban J connectivity index is 1.60. The summed E-state index contributed by atoms with van der Waals surface area (Å²) in [5.41, 5.74) is 0.970. The van der Waals surface area contributed by atoms with E-state index in [0.717, 1.165) is 24.5 Å². The Morgan fingerprint density at radius 1 is 1.30 bits per heavy atom. The van der Waals surface area contributed by atoms with E-state index in [1.54, 1.807) is 11.0 Å². The summed E-state index contributed by atoms with van der Waals surface area (Å²) in [7, 11) is 0. The van der Waals surface area contributed by atoms with E-state index in [9.17, 15) is 9.18 Å². The number of aromatic nitrogens is 1. The van der Waals surface area contributed by atoms with Gasteiger partial charge in [0, 0.05) is 36.7 Å². The highest BCUT2D eigenvalue weighted by atomic mass is 79.9. The van der Waals surface area contributed by atoms with Crippen molar-refractivity contribution in [3.8, 4) is 0 Å². The summed E-state index contributed by atoms with van der Waals surface area (Å²) in [5, 5.41) is 3.87. The van der Waals surface area contributed by atoms with Gasteiger partial charge in [-0.25, -0.2) is 4.39 Å². The molecule has 0 aliphatic carbocycles. The highest BCUT2D eigenvalue weighted by Crippen LogP contribution is 2.18. The number of carbonyl (C=O) groups is 1. The lowest BCUT2D eigenvalue weighted by atomic mass is 10.1. The van der Waals surface area contributed by atoms with Crippen molar-refractivity contribution in [2.75, 3.05) is 26.2 Å². The number of amides is 1. The second-order valence-corrected chi connectivity index (χ2v) is 6.54. The minimum Gasteiger partial charge on any atom is -0.360 e. The Hall–Kier alpha value is -1.73. The number of carbonyl (C=O) groups excluding carboxylic acids is 1. The molecule has 7 heteroatoms. The van der Waals surface area contributed by atoms with Crippen molar-refractivity contribution in [3.63, 3.8) is 0 Å². The molecule has 0 bridgehead atoms. The number of piperazine rings is 1. The summed E-state index contributed by atoms with van der Waals surface area (Å²) in [6.07, 6.45) is 0. The van der Waals surface area contributed by atoms with Crippen LogP contribution in [0.2, 0.25) is 0 Å². The summed E-state index contributed by atoms with van der Waals surface area (Å²) < 4.78 is 19.8. The van der Waals surface area contributed by atoms with Crippen molar-refractivity contribution in [3.05, 3.63) is 51.6 Å². The molecule has 5 nitrogen and oxygen atoms in total. The second-order valence-electron chi connectivity index (χ2n) is 5.63. The zero-order chi connectivity index (χ0) is 16.4. The first-order chi connectivity index (χ1) is 11.0. The average Bonchev–Trinajstić information content (AvgIpc) is 2.95. The largest absolute Gasteiger partial charge is 0.360 e. The van der Waals surface area contributed by atoms with Crippen molar-refractivity contribution < 1.29 is 13.7 Å². The van der Waals surface area contributed by atoms with E-state index in [1.165, 1.54) is 12.1 Å². The zero-order valence-corrected chi connectivity index (χ0v) is 14.3. The van der Waals surface area contributed by atoms with E-state index < -0.39 is 5.82 Å². The van der Waals surface area contributed by atoms with Crippen LogP contribution in [0.4, 0.5) is 4.39 Å². The summed E-state index contributed by atoms with van der Waals surface area (Å²) in [6, 6.07) is 6.33. The maximum Gasteiger partial charge on any atom is 0.256 e. The molecule has 0 saturated carbocycles. The van der Waals surface area contributed by atoms with E-state index in [0.29, 0.717) is 24.1 Å². The number of hydrogen-bond donors (Lipinski definition) is 0. The molecule has 0 spiro atoms. The SMILES string of the molecule is Cc1cc(CN2CCN(C(=O)c3cc(Br)ccc3F)CC2)on1. The minimum atomic E-state index is -0.488. The number of hydrogen-bond acceptors (Lipinski definition) is 4. The van der Waals surface area contributed by atoms with Crippen LogP contribution in [0, 0.1) is 12.7 Å². The maximum atomic E-state index is 13.8. The van der Waals surface area contributed by atoms with Gasteiger partial charge in [0.25, 0.3) is 5.91 Å². The van der Waals surface area contributed by atoms with Crippen LogP contribution < -0.4 is 0 Å². The first-order valence-corrected chi connectivity index (χ1v) is 8.21. The molecular weight excluding hydrogens is 365 g/mol. The molecule has 1 saturated heterocycles. The molecule has 2 heterocycles. The van der Waals surface area contributed by atoms with Gasteiger partial charge in [-0.05, 0) is 25.1 Å². The molecule has 0 unspecified atom stereocenters. The predicted octanol–water partition coefficient (Wildman–Crippen LogP) is 2.84. The van der Waals surface area contributed by atoms with Crippen LogP contribution in [0.1, 0.15) is 21.8 Å². The lowest BCUT2D eigenvalue weighted by Gasteiger charge is -2.34. The van der Waals surface area contributed by atoms with Gasteiger partial charge >= 0.3 is 0 Å². The van der Waals surface area contributed by atoms with E-state index >= 15 is 0 Å². The third-order valence-electron chi connectivity index (χ3n) is 3.87. The van der Waals surface area contributed by atoms with E-state index in [1.807, 2.05) is 13.0 Å². The summed E-state index contributed by atoms with van der Waals surface area (Å²) in [6.45, 7) is 5.14. The third-order valence-corrected chi connectivity index (χ3v) is 4.37. The topological polar surface area (TPSA) is 49.6 Å². The molecule has 0 N–H and O–H groups in total. The lowest BCUT2D eigenvalue weighted by Crippen LogP contribution is -2.48. The number of aryl methyl sites for hydroxylation is 1. The number of rotatable bonds is 3. The van der Waals surface area contributed by atoms with Crippen molar-refractivity contribution in [2.45, 2.75) is 13.5 Å². The molecule has 23 heavy (non-hydrogen) atoms. The summed E-state index contributed by atoms with van der Waals surface area (Å²) in [4.78, 5) is 16.3. The van der Waals surface area contributed by atoms with Crippen LogP contribution in [0.3, 0.4) is 0 Å². The number of nitrogens with zero attached hydrogens (tertiary/aromatic N) is 3. The predicted molar refractivity (Wildman–Crippen MR) is 86.5 cm³/mol. The van der Waals surface area contributed by atoms with Gasteiger partial charge in [-0.1, -0.05) is 21.1 Å². The van der Waals surface area contributed by atoms with Crippen LogP contribution in [-0.4, -0.2) is 47.0 Å². The molecule has 1 amide bonds. The fourth-order valence-corrected chi connectivity index (χ4v) is 3.01. The molecule has 3 rings (SSSR count). The first kappa shape index (κ1) is 16.1. The van der Waals surface area contributed by atoms with Gasteiger partial charge in [0.1, 0.15) is 5.82 Å². The average molecular weight is 382 g/mol. The van der Waals surface area contributed by atoms with E-state index in [-0.39, 0.29) is 11.5 Å². The standard InChI is InChI=1S/C16H17BrFN3O2/c1-11-8-13(23-19-11)10-20-4-6-21(7-5-20)16(22)14-9-12(17)2-3-15(14)18/h2-3,8-9H,4-7,10H2,1H3. The van der Waals surface area contributed by atoms with Gasteiger partial charge < -0.3 is 9.42 Å². The van der Waals surface area contributed by atoms with Crippen molar-refractivity contribution in [2.24, 2.45) is 0 Å². The monoisotopic (exact) mass is 381 g/mol. The Bertz CT molecular complexity index is 711. The van der Waals surface area contributed by atoms with Crippen molar-refractivity contribution in [1.82, 2.24) is 15.0 Å². The minimum absolute atomic E-state index is 0.110. The normalized spacial score (nSPS) is 15.9. The van der Waals surface area contributed by atoms with Crippen LogP contribution in [0.25, 0.3) is 0 Å². The van der Waals surface area contributed by atoms with Gasteiger partial charge in [-0.3, -0.25) is 9.69 Å². The molecular formula is C16H17BrFN3O2. The van der Waals surface area contributed by atoms with E-state index in [4.69, 9.17) is 4.52 Å². The molecule has 1 aliphatic rings.